The van der Waals surface area contributed by atoms with Crippen molar-refractivity contribution in [2.45, 2.75) is 30.4 Å². The number of hydrogen-bond donors (Lipinski definition) is 1. The largest absolute Gasteiger partial charge is 0.468 e. The molecule has 0 aliphatic carbocycles. The minimum atomic E-state index is -3.76. The first kappa shape index (κ1) is 18.8. The Labute approximate surface area is 156 Å². The number of nitrogens with zero attached hydrogens (tertiary/aromatic N) is 2. The number of furan rings is 1. The Morgan fingerprint density at radius 2 is 1.93 bits per heavy atom. The SMILES string of the molecule is Cc1ccc(S(=O)(=O)C(CNC(=O)Cc2noc(C)n2)c2ccco2)cc1. The molecule has 0 spiro atoms. The molecule has 3 aromatic rings. The van der Waals surface area contributed by atoms with Gasteiger partial charge in [-0.25, -0.2) is 8.42 Å². The number of amides is 1. The van der Waals surface area contributed by atoms with Gasteiger partial charge in [-0.2, -0.15) is 4.98 Å². The van der Waals surface area contributed by atoms with E-state index in [0.29, 0.717) is 5.89 Å². The summed E-state index contributed by atoms with van der Waals surface area (Å²) in [6.07, 6.45) is 1.30. The minimum absolute atomic E-state index is 0.104. The van der Waals surface area contributed by atoms with Crippen molar-refractivity contribution in [3.05, 3.63) is 65.7 Å². The zero-order valence-electron chi connectivity index (χ0n) is 14.9. The van der Waals surface area contributed by atoms with E-state index in [2.05, 4.69) is 15.5 Å². The van der Waals surface area contributed by atoms with E-state index in [1.807, 2.05) is 6.92 Å². The Morgan fingerprint density at radius 1 is 1.19 bits per heavy atom. The average molecular weight is 389 g/mol. The fraction of sp³-hybridized carbons (Fsp3) is 0.278. The molecule has 1 aromatic carbocycles. The Kier molecular flexibility index (Phi) is 5.41. The van der Waals surface area contributed by atoms with E-state index in [9.17, 15) is 13.2 Å². The average Bonchev–Trinajstić information content (AvgIpc) is 3.27. The molecule has 1 unspecified atom stereocenters. The standard InChI is InChI=1S/C18H19N3O5S/c1-12-5-7-14(8-6-12)27(23,24)16(15-4-3-9-25-15)11-19-18(22)10-17-20-13(2)26-21-17/h3-9,16H,10-11H2,1-2H3,(H,19,22). The number of benzene rings is 1. The van der Waals surface area contributed by atoms with Gasteiger partial charge in [0.25, 0.3) is 0 Å². The van der Waals surface area contributed by atoms with Gasteiger partial charge in [-0.3, -0.25) is 4.79 Å². The molecule has 2 heterocycles. The molecule has 1 N–H and O–H groups in total. The molecular formula is C18H19N3O5S. The molecule has 8 nitrogen and oxygen atoms in total. The summed E-state index contributed by atoms with van der Waals surface area (Å²) in [4.78, 5) is 16.3. The van der Waals surface area contributed by atoms with Gasteiger partial charge in [0.05, 0.1) is 17.6 Å². The van der Waals surface area contributed by atoms with Crippen molar-refractivity contribution in [2.24, 2.45) is 0 Å². The smallest absolute Gasteiger partial charge is 0.227 e. The lowest BCUT2D eigenvalue weighted by Crippen LogP contribution is -2.33. The number of aryl methyl sites for hydroxylation is 2. The topological polar surface area (TPSA) is 115 Å². The lowest BCUT2D eigenvalue weighted by molar-refractivity contribution is -0.120. The first-order chi connectivity index (χ1) is 12.9. The molecule has 9 heteroatoms. The molecule has 142 valence electrons. The van der Waals surface area contributed by atoms with Crippen LogP contribution in [0.3, 0.4) is 0 Å². The third-order valence-corrected chi connectivity index (χ3v) is 6.03. The number of aromatic nitrogens is 2. The molecule has 27 heavy (non-hydrogen) atoms. The second-order valence-electron chi connectivity index (χ2n) is 6.07. The third kappa shape index (κ3) is 4.43. The van der Waals surface area contributed by atoms with Crippen molar-refractivity contribution in [1.29, 1.82) is 0 Å². The number of rotatable bonds is 7. The molecule has 1 amide bonds. The highest BCUT2D eigenvalue weighted by molar-refractivity contribution is 7.91. The van der Waals surface area contributed by atoms with Crippen molar-refractivity contribution < 1.29 is 22.2 Å². The molecule has 2 aromatic heterocycles. The molecular weight excluding hydrogens is 370 g/mol. The van der Waals surface area contributed by atoms with Gasteiger partial charge < -0.3 is 14.3 Å². The van der Waals surface area contributed by atoms with Crippen molar-refractivity contribution in [3.63, 3.8) is 0 Å². The van der Waals surface area contributed by atoms with Crippen molar-refractivity contribution in [2.75, 3.05) is 6.54 Å². The molecule has 0 bridgehead atoms. The molecule has 0 aliphatic rings. The highest BCUT2D eigenvalue weighted by Gasteiger charge is 2.31. The van der Waals surface area contributed by atoms with Crippen molar-refractivity contribution in [1.82, 2.24) is 15.5 Å². The molecule has 3 rings (SSSR count). The third-order valence-electron chi connectivity index (χ3n) is 3.96. The first-order valence-electron chi connectivity index (χ1n) is 8.26. The summed E-state index contributed by atoms with van der Waals surface area (Å²) >= 11 is 0. The monoisotopic (exact) mass is 389 g/mol. The van der Waals surface area contributed by atoms with Crippen LogP contribution in [-0.2, 0) is 21.1 Å². The van der Waals surface area contributed by atoms with E-state index in [4.69, 9.17) is 8.94 Å². The van der Waals surface area contributed by atoms with Crippen molar-refractivity contribution >= 4 is 15.7 Å². The predicted octanol–water partition coefficient (Wildman–Crippen LogP) is 2.15. The molecule has 0 fully saturated rings. The van der Waals surface area contributed by atoms with Gasteiger partial charge in [0.1, 0.15) is 11.0 Å². The fourth-order valence-corrected chi connectivity index (χ4v) is 4.14. The van der Waals surface area contributed by atoms with Crippen LogP contribution in [0.5, 0.6) is 0 Å². The second kappa shape index (κ2) is 7.75. The maximum atomic E-state index is 13.1. The van der Waals surface area contributed by atoms with Gasteiger partial charge in [-0.1, -0.05) is 22.9 Å². The van der Waals surface area contributed by atoms with E-state index >= 15 is 0 Å². The summed E-state index contributed by atoms with van der Waals surface area (Å²) in [5.74, 6) is 0.437. The van der Waals surface area contributed by atoms with E-state index in [1.165, 1.54) is 6.26 Å². The summed E-state index contributed by atoms with van der Waals surface area (Å²) in [6, 6.07) is 9.73. The molecule has 0 saturated carbocycles. The van der Waals surface area contributed by atoms with E-state index in [1.54, 1.807) is 43.3 Å². The molecule has 0 aliphatic heterocycles. The van der Waals surface area contributed by atoms with Gasteiger partial charge in [0, 0.05) is 13.5 Å². The van der Waals surface area contributed by atoms with E-state index in [-0.39, 0.29) is 29.4 Å². The highest BCUT2D eigenvalue weighted by atomic mass is 32.2. The summed E-state index contributed by atoms with van der Waals surface area (Å²) < 4.78 is 36.3. The molecule has 1 atom stereocenters. The van der Waals surface area contributed by atoms with Gasteiger partial charge >= 0.3 is 0 Å². The predicted molar refractivity (Wildman–Crippen MR) is 95.6 cm³/mol. The second-order valence-corrected chi connectivity index (χ2v) is 8.20. The lowest BCUT2D eigenvalue weighted by atomic mass is 10.2. The van der Waals surface area contributed by atoms with Gasteiger partial charge in [-0.05, 0) is 31.2 Å². The Bertz CT molecular complexity index is 1010. The van der Waals surface area contributed by atoms with E-state index in [0.717, 1.165) is 5.56 Å². The van der Waals surface area contributed by atoms with E-state index < -0.39 is 21.0 Å². The Morgan fingerprint density at radius 3 is 2.52 bits per heavy atom. The van der Waals surface area contributed by atoms with Crippen LogP contribution < -0.4 is 5.32 Å². The number of sulfone groups is 1. The van der Waals surface area contributed by atoms with Crippen molar-refractivity contribution in [3.8, 4) is 0 Å². The van der Waals surface area contributed by atoms with Crippen LogP contribution in [0.15, 0.2) is 56.5 Å². The van der Waals surface area contributed by atoms with Crippen LogP contribution in [0.4, 0.5) is 0 Å². The lowest BCUT2D eigenvalue weighted by Gasteiger charge is -2.16. The Hall–Kier alpha value is -2.94. The van der Waals surface area contributed by atoms with Crippen LogP contribution in [0.25, 0.3) is 0 Å². The zero-order chi connectivity index (χ0) is 19.4. The number of carbonyl (C=O) groups is 1. The Balaban J connectivity index is 1.78. The number of hydrogen-bond acceptors (Lipinski definition) is 7. The van der Waals surface area contributed by atoms with Crippen LogP contribution in [0.1, 0.15) is 28.3 Å². The maximum Gasteiger partial charge on any atom is 0.227 e. The van der Waals surface area contributed by atoms with Gasteiger partial charge in [-0.15, -0.1) is 0 Å². The van der Waals surface area contributed by atoms with Crippen LogP contribution in [0.2, 0.25) is 0 Å². The van der Waals surface area contributed by atoms with Crippen LogP contribution in [-0.4, -0.2) is 31.0 Å². The molecule has 0 saturated heterocycles. The summed E-state index contributed by atoms with van der Waals surface area (Å²) in [5.41, 5.74) is 0.951. The first-order valence-corrected chi connectivity index (χ1v) is 9.81. The maximum absolute atomic E-state index is 13.1. The van der Waals surface area contributed by atoms with Crippen LogP contribution in [0, 0.1) is 13.8 Å². The van der Waals surface area contributed by atoms with Crippen LogP contribution >= 0.6 is 0 Å². The molecule has 0 radical (unpaired) electrons. The summed E-state index contributed by atoms with van der Waals surface area (Å²) in [5, 5.41) is 5.22. The number of nitrogens with one attached hydrogen (secondary N) is 1. The highest BCUT2D eigenvalue weighted by Crippen LogP contribution is 2.29. The minimum Gasteiger partial charge on any atom is -0.468 e. The van der Waals surface area contributed by atoms with Gasteiger partial charge in [0.2, 0.25) is 11.8 Å². The summed E-state index contributed by atoms with van der Waals surface area (Å²) in [6.45, 7) is 3.36. The zero-order valence-corrected chi connectivity index (χ0v) is 15.7. The van der Waals surface area contributed by atoms with Gasteiger partial charge in [0.15, 0.2) is 15.7 Å². The quantitative estimate of drug-likeness (QED) is 0.658. The fourth-order valence-electron chi connectivity index (χ4n) is 2.56. The normalized spacial score (nSPS) is 12.7. The number of carbonyl (C=O) groups excluding carboxylic acids is 1. The summed E-state index contributed by atoms with van der Waals surface area (Å²) in [7, 11) is -3.76.